The monoisotopic (exact) mass is 329 g/mol. The second-order valence-corrected chi connectivity index (χ2v) is 5.40. The van der Waals surface area contributed by atoms with E-state index in [2.05, 4.69) is 20.6 Å². The fourth-order valence-corrected chi connectivity index (χ4v) is 2.38. The van der Waals surface area contributed by atoms with Gasteiger partial charge in [-0.1, -0.05) is 0 Å². The van der Waals surface area contributed by atoms with Gasteiger partial charge in [-0.05, 0) is 19.1 Å². The average molecular weight is 329 g/mol. The molecular weight excluding hydrogens is 306 g/mol. The van der Waals surface area contributed by atoms with Crippen molar-refractivity contribution >= 4 is 11.6 Å². The van der Waals surface area contributed by atoms with E-state index in [-0.39, 0.29) is 0 Å². The second kappa shape index (κ2) is 8.24. The van der Waals surface area contributed by atoms with Crippen LogP contribution in [0.25, 0.3) is 0 Å². The third-order valence-electron chi connectivity index (χ3n) is 3.54. The molecule has 0 amide bonds. The number of hydrogen-bond acceptors (Lipinski definition) is 4. The first-order valence-electron chi connectivity index (χ1n) is 8.26. The molecular formula is C17H23N5O2. The molecule has 2 aromatic rings. The van der Waals surface area contributed by atoms with Crippen LogP contribution < -0.4 is 20.1 Å². The number of fused-ring (bicyclic) bond motifs is 1. The van der Waals surface area contributed by atoms with E-state index in [0.717, 1.165) is 42.7 Å². The molecule has 0 saturated carbocycles. The number of rotatable bonds is 5. The Morgan fingerprint density at radius 1 is 1.29 bits per heavy atom. The van der Waals surface area contributed by atoms with Gasteiger partial charge in [-0.3, -0.25) is 4.99 Å². The fourth-order valence-electron chi connectivity index (χ4n) is 2.38. The molecule has 0 aliphatic carbocycles. The summed E-state index contributed by atoms with van der Waals surface area (Å²) < 4.78 is 13.4. The van der Waals surface area contributed by atoms with Gasteiger partial charge in [-0.2, -0.15) is 0 Å². The van der Waals surface area contributed by atoms with Gasteiger partial charge in [0, 0.05) is 43.7 Å². The predicted molar refractivity (Wildman–Crippen MR) is 93.9 cm³/mol. The summed E-state index contributed by atoms with van der Waals surface area (Å²) in [6, 6.07) is 5.84. The Labute approximate surface area is 141 Å². The van der Waals surface area contributed by atoms with Crippen LogP contribution in [0.2, 0.25) is 0 Å². The Kier molecular flexibility index (Phi) is 5.55. The van der Waals surface area contributed by atoms with E-state index >= 15 is 0 Å². The molecule has 2 heterocycles. The summed E-state index contributed by atoms with van der Waals surface area (Å²) in [6.07, 6.45) is 6.39. The number of ether oxygens (including phenoxy) is 2. The summed E-state index contributed by atoms with van der Waals surface area (Å²) >= 11 is 0. The Morgan fingerprint density at radius 3 is 2.96 bits per heavy atom. The van der Waals surface area contributed by atoms with Crippen LogP contribution in [0.3, 0.4) is 0 Å². The number of benzene rings is 1. The minimum absolute atomic E-state index is 0.663. The Balaban J connectivity index is 1.65. The van der Waals surface area contributed by atoms with Crippen LogP contribution in [-0.4, -0.2) is 41.8 Å². The maximum Gasteiger partial charge on any atom is 0.195 e. The number of nitrogens with zero attached hydrogens (tertiary/aromatic N) is 3. The minimum Gasteiger partial charge on any atom is -0.490 e. The third kappa shape index (κ3) is 4.41. The van der Waals surface area contributed by atoms with Crippen LogP contribution >= 0.6 is 0 Å². The van der Waals surface area contributed by atoms with Crippen LogP contribution in [0, 0.1) is 0 Å². The zero-order valence-corrected chi connectivity index (χ0v) is 13.9. The molecule has 24 heavy (non-hydrogen) atoms. The predicted octanol–water partition coefficient (Wildman–Crippen LogP) is 2.12. The number of aliphatic imine (C=N–C) groups is 1. The van der Waals surface area contributed by atoms with Crippen LogP contribution in [-0.2, 0) is 6.54 Å². The van der Waals surface area contributed by atoms with E-state index in [9.17, 15) is 0 Å². The zero-order valence-electron chi connectivity index (χ0n) is 13.9. The first-order valence-corrected chi connectivity index (χ1v) is 8.26. The number of imidazole rings is 1. The van der Waals surface area contributed by atoms with E-state index in [1.807, 2.05) is 35.9 Å². The van der Waals surface area contributed by atoms with Gasteiger partial charge in [0.1, 0.15) is 0 Å². The molecule has 128 valence electrons. The average Bonchev–Trinajstić information content (AvgIpc) is 2.99. The summed E-state index contributed by atoms with van der Waals surface area (Å²) in [5.41, 5.74) is 0.918. The first-order chi connectivity index (χ1) is 11.8. The topological polar surface area (TPSA) is 72.7 Å². The minimum atomic E-state index is 0.663. The van der Waals surface area contributed by atoms with E-state index in [1.54, 1.807) is 12.5 Å². The van der Waals surface area contributed by atoms with Crippen molar-refractivity contribution in [3.8, 4) is 11.5 Å². The van der Waals surface area contributed by atoms with Crippen LogP contribution in [0.1, 0.15) is 13.3 Å². The van der Waals surface area contributed by atoms with Gasteiger partial charge in [0.25, 0.3) is 0 Å². The van der Waals surface area contributed by atoms with Gasteiger partial charge in [0.15, 0.2) is 17.5 Å². The molecule has 0 fully saturated rings. The molecule has 2 N–H and O–H groups in total. The Morgan fingerprint density at radius 2 is 2.17 bits per heavy atom. The van der Waals surface area contributed by atoms with Crippen molar-refractivity contribution in [1.82, 2.24) is 14.9 Å². The van der Waals surface area contributed by atoms with E-state index in [4.69, 9.17) is 9.47 Å². The van der Waals surface area contributed by atoms with Crippen LogP contribution in [0.15, 0.2) is 41.9 Å². The van der Waals surface area contributed by atoms with Crippen molar-refractivity contribution in [2.24, 2.45) is 4.99 Å². The van der Waals surface area contributed by atoms with E-state index in [0.29, 0.717) is 19.8 Å². The fraction of sp³-hybridized carbons (Fsp3) is 0.412. The second-order valence-electron chi connectivity index (χ2n) is 5.40. The maximum atomic E-state index is 5.73. The summed E-state index contributed by atoms with van der Waals surface area (Å²) in [5, 5.41) is 6.55. The number of guanidine groups is 1. The van der Waals surface area contributed by atoms with Gasteiger partial charge in [-0.25, -0.2) is 4.98 Å². The molecule has 0 atom stereocenters. The molecule has 0 bridgehead atoms. The van der Waals surface area contributed by atoms with Gasteiger partial charge in [0.05, 0.1) is 26.1 Å². The molecule has 7 heteroatoms. The van der Waals surface area contributed by atoms with Gasteiger partial charge >= 0.3 is 0 Å². The van der Waals surface area contributed by atoms with Gasteiger partial charge in [-0.15, -0.1) is 0 Å². The normalized spacial score (nSPS) is 14.1. The summed E-state index contributed by atoms with van der Waals surface area (Å²) in [5.74, 6) is 2.30. The summed E-state index contributed by atoms with van der Waals surface area (Å²) in [7, 11) is 0. The number of nitrogens with one attached hydrogen (secondary N) is 2. The Hall–Kier alpha value is -2.70. The lowest BCUT2D eigenvalue weighted by atomic mass is 10.3. The molecule has 0 spiro atoms. The van der Waals surface area contributed by atoms with Crippen molar-refractivity contribution in [2.45, 2.75) is 19.9 Å². The molecule has 3 rings (SSSR count). The van der Waals surface area contributed by atoms with Crippen molar-refractivity contribution in [2.75, 3.05) is 31.6 Å². The van der Waals surface area contributed by atoms with Crippen LogP contribution in [0.5, 0.6) is 11.5 Å². The van der Waals surface area contributed by atoms with Crippen molar-refractivity contribution in [3.05, 3.63) is 36.9 Å². The maximum absolute atomic E-state index is 5.73. The van der Waals surface area contributed by atoms with Crippen LogP contribution in [0.4, 0.5) is 5.69 Å². The lowest BCUT2D eigenvalue weighted by Gasteiger charge is -2.13. The lowest BCUT2D eigenvalue weighted by molar-refractivity contribution is 0.297. The molecule has 1 aromatic carbocycles. The molecule has 0 saturated heterocycles. The van der Waals surface area contributed by atoms with Gasteiger partial charge < -0.3 is 24.7 Å². The SMILES string of the molecule is CCNC(=NCCn1ccnc1)Nc1ccc2c(c1)OCCCO2. The largest absolute Gasteiger partial charge is 0.490 e. The quantitative estimate of drug-likeness (QED) is 0.649. The molecule has 1 aliphatic rings. The lowest BCUT2D eigenvalue weighted by Crippen LogP contribution is -2.31. The number of hydrogen-bond donors (Lipinski definition) is 2. The summed E-state index contributed by atoms with van der Waals surface area (Å²) in [6.45, 7) is 5.66. The first kappa shape index (κ1) is 16.2. The highest BCUT2D eigenvalue weighted by atomic mass is 16.5. The van der Waals surface area contributed by atoms with Gasteiger partial charge in [0.2, 0.25) is 0 Å². The van der Waals surface area contributed by atoms with E-state index < -0.39 is 0 Å². The van der Waals surface area contributed by atoms with Crippen molar-refractivity contribution < 1.29 is 9.47 Å². The highest BCUT2D eigenvalue weighted by Crippen LogP contribution is 2.32. The molecule has 7 nitrogen and oxygen atoms in total. The molecule has 1 aliphatic heterocycles. The zero-order chi connectivity index (χ0) is 16.6. The standard InChI is InChI=1S/C17H23N5O2/c1-2-19-17(20-7-9-22-8-6-18-13-22)21-14-4-5-15-16(12-14)24-11-3-10-23-15/h4-6,8,12-13H,2-3,7,9-11H2,1H3,(H2,19,20,21). The Bertz CT molecular complexity index is 670. The molecule has 0 unspecified atom stereocenters. The number of anilines is 1. The van der Waals surface area contributed by atoms with Crippen molar-refractivity contribution in [1.29, 1.82) is 0 Å². The highest BCUT2D eigenvalue weighted by molar-refractivity contribution is 5.93. The third-order valence-corrected chi connectivity index (χ3v) is 3.54. The van der Waals surface area contributed by atoms with Crippen molar-refractivity contribution in [3.63, 3.8) is 0 Å². The molecule has 0 radical (unpaired) electrons. The summed E-state index contributed by atoms with van der Waals surface area (Å²) in [4.78, 5) is 8.62. The smallest absolute Gasteiger partial charge is 0.195 e. The highest BCUT2D eigenvalue weighted by Gasteiger charge is 2.11. The number of aromatic nitrogens is 2. The molecule has 1 aromatic heterocycles. The van der Waals surface area contributed by atoms with E-state index in [1.165, 1.54) is 0 Å².